The first-order valence-electron chi connectivity index (χ1n) is 2.41. The van der Waals surface area contributed by atoms with E-state index in [1.165, 1.54) is 6.20 Å². The lowest BCUT2D eigenvalue weighted by atomic mass is 10.5. The zero-order chi connectivity index (χ0) is 7.28. The molecule has 0 rings (SSSR count). The number of hydrogen-bond acceptors (Lipinski definition) is 2. The molecule has 48 valence electrons. The molecule has 0 atom stereocenters. The molecule has 0 fully saturated rings. The maximum absolute atomic E-state index is 9.96. The fourth-order valence-electron chi connectivity index (χ4n) is 0.350. The summed E-state index contributed by atoms with van der Waals surface area (Å²) in [4.78, 5) is 14.6. The van der Waals surface area contributed by atoms with Crippen LogP contribution in [-0.4, -0.2) is 25.3 Å². The molecule has 3 nitrogen and oxygen atoms in total. The Morgan fingerprint density at radius 1 is 1.67 bits per heavy atom. The van der Waals surface area contributed by atoms with Gasteiger partial charge < -0.3 is 9.69 Å². The molecule has 0 aliphatic carbocycles. The van der Waals surface area contributed by atoms with Crippen LogP contribution < -0.4 is 0 Å². The van der Waals surface area contributed by atoms with Crippen molar-refractivity contribution in [2.75, 3.05) is 14.1 Å². The average Bonchev–Trinajstić information content (AvgIpc) is 1.82. The highest BCUT2D eigenvalue weighted by Crippen LogP contribution is 1.90. The molecule has 0 saturated heterocycles. The Morgan fingerprint density at radius 3 is 2.33 bits per heavy atom. The van der Waals surface area contributed by atoms with Crippen molar-refractivity contribution in [2.24, 2.45) is 0 Å². The highest BCUT2D eigenvalue weighted by atomic mass is 16.1. The van der Waals surface area contributed by atoms with Gasteiger partial charge >= 0.3 is 0 Å². The van der Waals surface area contributed by atoms with Gasteiger partial charge in [-0.05, 0) is 0 Å². The topological polar surface area (TPSA) is 24.7 Å². The highest BCUT2D eigenvalue weighted by molar-refractivity contribution is 5.75. The Bertz CT molecular complexity index is 164. The van der Waals surface area contributed by atoms with Gasteiger partial charge in [0.1, 0.15) is 0 Å². The summed E-state index contributed by atoms with van der Waals surface area (Å²) in [5.74, 6) is 0. The van der Waals surface area contributed by atoms with Gasteiger partial charge in [-0.3, -0.25) is 0 Å². The summed E-state index contributed by atoms with van der Waals surface area (Å²) in [7, 11) is 3.52. The Labute approximate surface area is 54.4 Å². The van der Waals surface area contributed by atoms with E-state index in [1.54, 1.807) is 19.0 Å². The molecular weight excluding hydrogens is 116 g/mol. The molecule has 0 aliphatic heterocycles. The highest BCUT2D eigenvalue weighted by Gasteiger charge is 1.89. The van der Waals surface area contributed by atoms with Crippen LogP contribution in [-0.2, 0) is 4.79 Å². The maximum atomic E-state index is 9.96. The third kappa shape index (κ3) is 3.30. The quantitative estimate of drug-likeness (QED) is 0.304. The van der Waals surface area contributed by atoms with Crippen molar-refractivity contribution < 1.29 is 4.79 Å². The second-order valence-corrected chi connectivity index (χ2v) is 1.75. The molecule has 9 heavy (non-hydrogen) atoms. The molecule has 0 radical (unpaired) electrons. The van der Waals surface area contributed by atoms with Gasteiger partial charge in [0.05, 0.1) is 6.57 Å². The first kappa shape index (κ1) is 7.70. The SMILES string of the molecule is [C-]#[N+]/C(C=O)=C/N(C)C. The standard InChI is InChI=1S/C6H8N2O/c1-7-6(5-9)4-8(2)3/h4-5H,2-3H3/b6-4+. The number of allylic oxidation sites excluding steroid dienone is 1. The Balaban J connectivity index is 4.12. The van der Waals surface area contributed by atoms with Crippen molar-refractivity contribution in [3.63, 3.8) is 0 Å². The fourth-order valence-corrected chi connectivity index (χ4v) is 0.350. The molecule has 0 saturated carbocycles. The Hall–Kier alpha value is -1.30. The van der Waals surface area contributed by atoms with Crippen LogP contribution >= 0.6 is 0 Å². The minimum Gasteiger partial charge on any atom is -0.393 e. The minimum atomic E-state index is 0.125. The largest absolute Gasteiger partial charge is 0.393 e. The van der Waals surface area contributed by atoms with Crippen LogP contribution in [0, 0.1) is 6.57 Å². The van der Waals surface area contributed by atoms with Gasteiger partial charge in [-0.1, -0.05) is 0 Å². The zero-order valence-corrected chi connectivity index (χ0v) is 5.46. The summed E-state index contributed by atoms with van der Waals surface area (Å²) in [6.45, 7) is 6.45. The Kier molecular flexibility index (Phi) is 3.14. The van der Waals surface area contributed by atoms with E-state index < -0.39 is 0 Å². The van der Waals surface area contributed by atoms with Crippen molar-refractivity contribution in [1.29, 1.82) is 0 Å². The van der Waals surface area contributed by atoms with Crippen LogP contribution in [0.15, 0.2) is 11.9 Å². The lowest BCUT2D eigenvalue weighted by Crippen LogP contribution is -2.02. The van der Waals surface area contributed by atoms with Gasteiger partial charge in [0.15, 0.2) is 6.29 Å². The second-order valence-electron chi connectivity index (χ2n) is 1.75. The van der Waals surface area contributed by atoms with Crippen LogP contribution in [0.2, 0.25) is 0 Å². The fraction of sp³-hybridized carbons (Fsp3) is 0.333. The van der Waals surface area contributed by atoms with E-state index in [0.717, 1.165) is 0 Å². The number of carbonyl (C=O) groups excluding carboxylic acids is 1. The number of hydrogen-bond donors (Lipinski definition) is 0. The van der Waals surface area contributed by atoms with Crippen LogP contribution in [0.25, 0.3) is 4.85 Å². The summed E-state index contributed by atoms with van der Waals surface area (Å²) < 4.78 is 0. The van der Waals surface area contributed by atoms with Gasteiger partial charge in [0.2, 0.25) is 5.70 Å². The minimum absolute atomic E-state index is 0.125. The van der Waals surface area contributed by atoms with Gasteiger partial charge in [0.25, 0.3) is 0 Å². The lowest BCUT2D eigenvalue weighted by Gasteiger charge is -2.02. The van der Waals surface area contributed by atoms with E-state index in [1.807, 2.05) is 0 Å². The van der Waals surface area contributed by atoms with E-state index in [2.05, 4.69) is 4.85 Å². The zero-order valence-electron chi connectivity index (χ0n) is 5.46. The molecule has 0 unspecified atom stereocenters. The average molecular weight is 124 g/mol. The summed E-state index contributed by atoms with van der Waals surface area (Å²) in [5.41, 5.74) is 0.125. The first-order chi connectivity index (χ1) is 4.20. The number of nitrogens with zero attached hydrogens (tertiary/aromatic N) is 2. The number of aldehydes is 1. The van der Waals surface area contributed by atoms with Crippen LogP contribution in [0.3, 0.4) is 0 Å². The van der Waals surface area contributed by atoms with E-state index in [9.17, 15) is 4.79 Å². The predicted molar refractivity (Wildman–Crippen MR) is 34.4 cm³/mol. The third-order valence-electron chi connectivity index (χ3n) is 0.640. The van der Waals surface area contributed by atoms with Crippen molar-refractivity contribution >= 4 is 6.29 Å². The van der Waals surface area contributed by atoms with Gasteiger partial charge in [-0.2, -0.15) is 0 Å². The lowest BCUT2D eigenvalue weighted by molar-refractivity contribution is -0.104. The summed E-state index contributed by atoms with van der Waals surface area (Å²) in [6, 6.07) is 0. The second kappa shape index (κ2) is 3.67. The monoisotopic (exact) mass is 124 g/mol. The molecule has 0 aliphatic rings. The Morgan fingerprint density at radius 2 is 2.22 bits per heavy atom. The summed E-state index contributed by atoms with van der Waals surface area (Å²) in [5, 5.41) is 0. The summed E-state index contributed by atoms with van der Waals surface area (Å²) in [6.07, 6.45) is 2.01. The molecule has 0 aromatic carbocycles. The van der Waals surface area contributed by atoms with Gasteiger partial charge in [-0.15, -0.1) is 0 Å². The van der Waals surface area contributed by atoms with Crippen molar-refractivity contribution in [1.82, 2.24) is 4.90 Å². The van der Waals surface area contributed by atoms with Crippen LogP contribution in [0.5, 0.6) is 0 Å². The van der Waals surface area contributed by atoms with Gasteiger partial charge in [0, 0.05) is 20.3 Å². The van der Waals surface area contributed by atoms with E-state index in [-0.39, 0.29) is 5.70 Å². The summed E-state index contributed by atoms with van der Waals surface area (Å²) >= 11 is 0. The molecule has 0 heterocycles. The van der Waals surface area contributed by atoms with Crippen molar-refractivity contribution in [3.8, 4) is 0 Å². The normalized spacial score (nSPS) is 10.1. The predicted octanol–water partition coefficient (Wildman–Crippen LogP) is 0.508. The maximum Gasteiger partial charge on any atom is 0.241 e. The molecule has 0 bridgehead atoms. The van der Waals surface area contributed by atoms with Crippen LogP contribution in [0.4, 0.5) is 0 Å². The number of rotatable bonds is 2. The smallest absolute Gasteiger partial charge is 0.241 e. The van der Waals surface area contributed by atoms with Crippen molar-refractivity contribution in [3.05, 3.63) is 23.3 Å². The molecule has 3 heteroatoms. The number of carbonyl (C=O) groups is 1. The van der Waals surface area contributed by atoms with E-state index in [4.69, 9.17) is 6.57 Å². The molecule has 0 N–H and O–H groups in total. The molecule has 0 spiro atoms. The van der Waals surface area contributed by atoms with Crippen molar-refractivity contribution in [2.45, 2.75) is 0 Å². The molecular formula is C6H8N2O. The molecule has 0 aromatic heterocycles. The molecule has 0 amide bonds. The first-order valence-corrected chi connectivity index (χ1v) is 2.41. The van der Waals surface area contributed by atoms with E-state index in [0.29, 0.717) is 6.29 Å². The van der Waals surface area contributed by atoms with Crippen LogP contribution in [0.1, 0.15) is 0 Å². The molecule has 0 aromatic rings. The third-order valence-corrected chi connectivity index (χ3v) is 0.640. The van der Waals surface area contributed by atoms with Gasteiger partial charge in [-0.25, -0.2) is 4.85 Å². The van der Waals surface area contributed by atoms with E-state index >= 15 is 0 Å².